The number of aromatic nitrogens is 9. The van der Waals surface area contributed by atoms with Crippen molar-refractivity contribution in [1.29, 1.82) is 0 Å². The molecule has 0 bridgehead atoms. The van der Waals surface area contributed by atoms with Gasteiger partial charge in [0.1, 0.15) is 22.8 Å². The molecule has 3 aromatic carbocycles. The van der Waals surface area contributed by atoms with Gasteiger partial charge in [-0.2, -0.15) is 15.0 Å². The van der Waals surface area contributed by atoms with Gasteiger partial charge in [0.25, 0.3) is 17.7 Å². The van der Waals surface area contributed by atoms with Crippen molar-refractivity contribution < 1.29 is 34.1 Å². The molecule has 113 heavy (non-hydrogen) atoms. The fraction of sp³-hybridized carbons (Fsp3) is 0.571. The van der Waals surface area contributed by atoms with E-state index in [1.165, 1.54) is 39.9 Å². The number of anilines is 3. The van der Waals surface area contributed by atoms with Crippen molar-refractivity contribution in [3.63, 3.8) is 0 Å². The lowest BCUT2D eigenvalue weighted by molar-refractivity contribution is 0.0705. The van der Waals surface area contributed by atoms with E-state index in [0.29, 0.717) is 90.5 Å². The molecule has 0 radical (unpaired) electrons. The van der Waals surface area contributed by atoms with Crippen molar-refractivity contribution in [2.75, 3.05) is 55.2 Å². The molecule has 3 atom stereocenters. The Morgan fingerprint density at radius 1 is 0.416 bits per heavy atom. The number of rotatable bonds is 22. The largest absolute Gasteiger partial charge is 0.393 e. The van der Waals surface area contributed by atoms with Crippen molar-refractivity contribution in [1.82, 2.24) is 58.3 Å². The minimum absolute atomic E-state index is 0.102. The maximum absolute atomic E-state index is 13.9. The molecule has 21 nitrogen and oxygen atoms in total. The molecule has 3 aliphatic carbocycles. The average Bonchev–Trinajstić information content (AvgIpc) is 1.62. The van der Waals surface area contributed by atoms with Gasteiger partial charge in [-0.25, -0.2) is 19.3 Å². The number of piperidine rings is 3. The summed E-state index contributed by atoms with van der Waals surface area (Å²) in [5.74, 6) is 2.87. The molecule has 6 aromatic heterocycles. The number of amides is 3. The van der Waals surface area contributed by atoms with Crippen LogP contribution in [-0.4, -0.2) is 167 Å². The third-order valence-electron chi connectivity index (χ3n) is 25.1. The zero-order valence-electron chi connectivity index (χ0n) is 68.5. The molecule has 0 spiro atoms. The number of aliphatic hydroxyl groups excluding tert-OH is 3. The van der Waals surface area contributed by atoms with Gasteiger partial charge in [-0.3, -0.25) is 14.4 Å². The molecule has 6 N–H and O–H groups in total. The second-order valence-electron chi connectivity index (χ2n) is 33.8. The molecule has 3 amide bonds. The smallest absolute Gasteiger partial charge is 0.253 e. The van der Waals surface area contributed by atoms with Crippen molar-refractivity contribution in [2.24, 2.45) is 0 Å². The van der Waals surface area contributed by atoms with Crippen molar-refractivity contribution in [2.45, 2.75) is 295 Å². The second-order valence-corrected chi connectivity index (χ2v) is 33.8. The van der Waals surface area contributed by atoms with Crippen LogP contribution >= 0.6 is 0 Å². The van der Waals surface area contributed by atoms with Gasteiger partial charge in [0.05, 0.1) is 18.3 Å². The summed E-state index contributed by atoms with van der Waals surface area (Å²) >= 11 is 0. The number of hydrogen-bond acceptors (Lipinski definition) is 15. The normalized spacial score (nSPS) is 21.6. The Kier molecular flexibility index (Phi) is 27.7. The Bertz CT molecular complexity index is 4610. The summed E-state index contributed by atoms with van der Waals surface area (Å²) in [6.07, 6.45) is 35.9. The topological polar surface area (TPSA) is 250 Å². The number of nitrogens with zero attached hydrogens (tertiary/aromatic N) is 12. The van der Waals surface area contributed by atoms with Crippen LogP contribution in [0.2, 0.25) is 0 Å². The van der Waals surface area contributed by atoms with Crippen molar-refractivity contribution in [3.8, 4) is 0 Å². The third kappa shape index (κ3) is 20.1. The van der Waals surface area contributed by atoms with Crippen LogP contribution in [0.3, 0.4) is 0 Å². The molecule has 6 aliphatic rings. The van der Waals surface area contributed by atoms with Crippen LogP contribution in [0.4, 0.5) is 22.2 Å². The van der Waals surface area contributed by atoms with Crippen LogP contribution in [-0.2, 0) is 6.42 Å². The highest BCUT2D eigenvalue weighted by Gasteiger charge is 2.35. The number of benzene rings is 3. The monoisotopic (exact) mass is 1540 g/mol. The van der Waals surface area contributed by atoms with Crippen LogP contribution in [0.15, 0.2) is 104 Å². The zero-order valence-corrected chi connectivity index (χ0v) is 68.5. The van der Waals surface area contributed by atoms with E-state index >= 15 is 0 Å². The highest BCUT2D eigenvalue weighted by molar-refractivity contribution is 5.96. The Morgan fingerprint density at radius 3 is 1.03 bits per heavy atom. The van der Waals surface area contributed by atoms with Gasteiger partial charge in [-0.15, -0.1) is 0 Å². The summed E-state index contributed by atoms with van der Waals surface area (Å²) in [5.41, 5.74) is 11.9. The van der Waals surface area contributed by atoms with Crippen LogP contribution in [0.25, 0.3) is 33.1 Å². The quantitative estimate of drug-likeness (QED) is 0.0369. The molecule has 0 unspecified atom stereocenters. The summed E-state index contributed by atoms with van der Waals surface area (Å²) < 4.78 is 20.9. The lowest BCUT2D eigenvalue weighted by atomic mass is 9.89. The Hall–Kier alpha value is -8.86. The molecule has 3 aliphatic heterocycles. The Balaban J connectivity index is 0.000000148. The number of likely N-dealkylation sites (tertiary alicyclic amines) is 3. The lowest BCUT2D eigenvalue weighted by Crippen LogP contribution is -2.38. The second kappa shape index (κ2) is 38.1. The maximum Gasteiger partial charge on any atom is 0.253 e. The highest BCUT2D eigenvalue weighted by atomic mass is 19.1. The number of fused-ring (bicyclic) bond motifs is 3. The SMILES string of the molecule is CCC[C@H](C)Nc1ncc2c(C3CCN(C(=O)c4cc(C)cc(F)c4)CC3)cn(C3CCC(O)CC3)c2n1.CCC[C@H](C)Nc1ncc2c(C3CCN(C(=O)c4ccc(C)cc4)CC3)cn(C3CCC(O)CC3)c2n1.CCC[C@H](C)Nc1ncc2c(C3CCN(C(=O)c4ccc(CC)cc4)CC3)cn(C3CCC(O)CC3)c2n1. The first-order valence-electron chi connectivity index (χ1n) is 43.0. The minimum atomic E-state index is -0.371. The molecule has 606 valence electrons. The highest BCUT2D eigenvalue weighted by Crippen LogP contribution is 2.43. The van der Waals surface area contributed by atoms with Gasteiger partial charge in [0.15, 0.2) is 0 Å². The standard InChI is InChI=1S/C31H43N5O2.C30H40FN5O2.C30H41N5O2/c1-4-6-21(3)33-31-32-19-27-28(20-36(29(27)34-31)25-11-13-26(37)14-12-25)23-15-17-35(18-16-23)30(38)24-9-7-22(5-2)8-10-24;1-4-5-20(3)33-30-32-17-26-27(18-36(28(26)34-30)24-6-8-25(37)9-7-24)21-10-12-35(13-11-21)29(38)22-14-19(2)15-23(31)16-22;1-4-5-21(3)32-30-31-18-26-27(19-35(28(26)33-30)24-10-12-25(36)13-11-24)22-14-16-34(17-15-22)29(37)23-8-6-20(2)7-9-23/h7-10,19-21,23,25-26,37H,4-6,11-18H2,1-3H3,(H,32,33,34);14-18,20-21,24-25,37H,4-13H2,1-3H3,(H,32,33,34);6-9,18-19,21-22,24-25,36H,4-5,10-17H2,1-3H3,(H,31,32,33)/t21-,25?,26?;20-,24?,25?;21-,24?,25?/m000/s1. The first kappa shape index (κ1) is 82.1. The van der Waals surface area contributed by atoms with E-state index in [0.717, 1.165) is 236 Å². The first-order valence-corrected chi connectivity index (χ1v) is 43.0. The van der Waals surface area contributed by atoms with E-state index in [2.05, 4.69) is 114 Å². The molecular formula is C91H124FN15O6. The molecule has 9 aromatic rings. The Morgan fingerprint density at radius 2 is 0.726 bits per heavy atom. The number of aliphatic hydroxyl groups is 3. The number of carbonyl (C=O) groups excluding carboxylic acids is 3. The van der Waals surface area contributed by atoms with Gasteiger partial charge in [0, 0.05) is 146 Å². The molecule has 9 heterocycles. The number of halogens is 1. The van der Waals surface area contributed by atoms with Crippen LogP contribution in [0.1, 0.15) is 303 Å². The molecule has 3 saturated heterocycles. The fourth-order valence-corrected chi connectivity index (χ4v) is 18.5. The summed E-state index contributed by atoms with van der Waals surface area (Å²) in [4.78, 5) is 74.2. The predicted molar refractivity (Wildman–Crippen MR) is 449 cm³/mol. The van der Waals surface area contributed by atoms with Gasteiger partial charge in [-0.1, -0.05) is 76.8 Å². The zero-order chi connectivity index (χ0) is 79.4. The van der Waals surface area contributed by atoms with Gasteiger partial charge in [0.2, 0.25) is 17.8 Å². The summed E-state index contributed by atoms with van der Waals surface area (Å²) in [6, 6.07) is 22.4. The summed E-state index contributed by atoms with van der Waals surface area (Å²) in [6.45, 7) is 23.4. The molecule has 22 heteroatoms. The Labute approximate surface area is 667 Å². The summed E-state index contributed by atoms with van der Waals surface area (Å²) in [7, 11) is 0. The molecular weight excluding hydrogens is 1420 g/mol. The average molecular weight is 1540 g/mol. The lowest BCUT2D eigenvalue weighted by Gasteiger charge is -2.32. The van der Waals surface area contributed by atoms with Crippen LogP contribution in [0.5, 0.6) is 0 Å². The fourth-order valence-electron chi connectivity index (χ4n) is 18.5. The molecule has 15 rings (SSSR count). The third-order valence-corrected chi connectivity index (χ3v) is 25.1. The van der Waals surface area contributed by atoms with Gasteiger partial charge >= 0.3 is 0 Å². The number of aryl methyl sites for hydroxylation is 3. The van der Waals surface area contributed by atoms with Crippen LogP contribution < -0.4 is 16.0 Å². The number of carbonyl (C=O) groups is 3. The van der Waals surface area contributed by atoms with E-state index in [1.807, 2.05) is 83.5 Å². The minimum Gasteiger partial charge on any atom is -0.393 e. The summed E-state index contributed by atoms with van der Waals surface area (Å²) in [5, 5.41) is 44.0. The number of nitrogens with one attached hydrogen (secondary N) is 3. The predicted octanol–water partition coefficient (Wildman–Crippen LogP) is 17.9. The van der Waals surface area contributed by atoms with Crippen LogP contribution in [0, 0.1) is 19.7 Å². The van der Waals surface area contributed by atoms with Gasteiger partial charge < -0.3 is 59.7 Å². The van der Waals surface area contributed by atoms with E-state index in [-0.39, 0.29) is 41.9 Å². The molecule has 6 fully saturated rings. The number of hydrogen-bond donors (Lipinski definition) is 6. The molecule has 3 saturated carbocycles. The van der Waals surface area contributed by atoms with E-state index < -0.39 is 0 Å². The van der Waals surface area contributed by atoms with E-state index in [4.69, 9.17) is 24.9 Å². The first-order chi connectivity index (χ1) is 54.7. The van der Waals surface area contributed by atoms with Gasteiger partial charge in [-0.05, 0) is 264 Å². The van der Waals surface area contributed by atoms with Crippen molar-refractivity contribution >= 4 is 68.7 Å². The van der Waals surface area contributed by atoms with Crippen molar-refractivity contribution in [3.05, 3.63) is 160 Å². The van der Waals surface area contributed by atoms with E-state index in [9.17, 15) is 34.1 Å². The maximum atomic E-state index is 13.9. The van der Waals surface area contributed by atoms with E-state index in [1.54, 1.807) is 6.07 Å².